The summed E-state index contributed by atoms with van der Waals surface area (Å²) in [4.78, 5) is 0. The van der Waals surface area contributed by atoms with Crippen LogP contribution in [0.15, 0.2) is 97.1 Å². The molecule has 8 nitrogen and oxygen atoms in total. The molecule has 72 heavy (non-hydrogen) atoms. The van der Waals surface area contributed by atoms with E-state index >= 15 is 9.13 Å². The topological polar surface area (TPSA) is 89.5 Å². The molecule has 0 saturated carbocycles. The van der Waals surface area contributed by atoms with Crippen molar-refractivity contribution in [1.29, 1.82) is 0 Å². The first-order valence-corrected chi connectivity index (χ1v) is 28.4. The Bertz CT molecular complexity index is 2480. The van der Waals surface area contributed by atoms with E-state index in [1.165, 1.54) is 6.07 Å². The highest BCUT2D eigenvalue weighted by Crippen LogP contribution is 2.57. The second-order valence-electron chi connectivity index (χ2n) is 27.8. The van der Waals surface area contributed by atoms with Gasteiger partial charge in [0.15, 0.2) is 0 Å². The number of hydrogen-bond acceptors (Lipinski definition) is 8. The van der Waals surface area contributed by atoms with Crippen molar-refractivity contribution in [3.8, 4) is 34.5 Å². The fourth-order valence-corrected chi connectivity index (χ4v) is 10.7. The van der Waals surface area contributed by atoms with Gasteiger partial charge in [0.1, 0.15) is 34.5 Å². The summed E-state index contributed by atoms with van der Waals surface area (Å²) in [6, 6.07) is 30.2. The number of phosphoric ester groups is 2. The van der Waals surface area contributed by atoms with Gasteiger partial charge >= 0.3 is 15.6 Å². The molecule has 0 bridgehead atoms. The molecule has 10 heteroatoms. The van der Waals surface area contributed by atoms with Gasteiger partial charge in [-0.15, -0.1) is 0 Å². The van der Waals surface area contributed by atoms with Gasteiger partial charge in [0, 0.05) is 28.3 Å². The molecular formula is C62H88O8P2. The molecule has 0 aromatic heterocycles. The SMILES string of the molecule is CC(C)(C)c1ccc(OP(=O)(Oc2cccc(OP(=O)(Oc3ccc(C(C)(C)C)cc3C(C)(C)C)Oc3ccc(C(C)(C)C)cc3C(C)(C)C)c2)Oc2ccc(C(C)(C)C)cc2C(C)(C)C)c(C(C)(C)C)c1. The van der Waals surface area contributed by atoms with Gasteiger partial charge in [-0.05, 0) is 102 Å². The van der Waals surface area contributed by atoms with Crippen LogP contribution in [0.1, 0.15) is 211 Å². The van der Waals surface area contributed by atoms with E-state index < -0.39 is 37.3 Å². The van der Waals surface area contributed by atoms with Crippen molar-refractivity contribution < 1.29 is 36.3 Å². The van der Waals surface area contributed by atoms with Gasteiger partial charge < -0.3 is 27.1 Å². The van der Waals surface area contributed by atoms with E-state index in [1.54, 1.807) is 18.2 Å². The highest BCUT2D eigenvalue weighted by atomic mass is 31.2. The molecule has 0 radical (unpaired) electrons. The summed E-state index contributed by atoms with van der Waals surface area (Å²) in [6.45, 7) is 51.0. The second kappa shape index (κ2) is 19.9. The Morgan fingerprint density at radius 2 is 0.472 bits per heavy atom. The predicted molar refractivity (Wildman–Crippen MR) is 301 cm³/mol. The smallest absolute Gasteiger partial charge is 0.386 e. The normalized spacial score (nSPS) is 13.7. The van der Waals surface area contributed by atoms with Gasteiger partial charge in [0.05, 0.1) is 0 Å². The zero-order valence-corrected chi connectivity index (χ0v) is 50.2. The molecule has 0 spiro atoms. The van der Waals surface area contributed by atoms with E-state index in [0.29, 0.717) is 23.0 Å². The molecular weight excluding hydrogens is 935 g/mol. The number of hydrogen-bond donors (Lipinski definition) is 0. The van der Waals surface area contributed by atoms with E-state index in [9.17, 15) is 0 Å². The molecule has 0 N–H and O–H groups in total. The average molecular weight is 1020 g/mol. The number of rotatable bonds is 12. The van der Waals surface area contributed by atoms with Crippen LogP contribution in [-0.2, 0) is 52.5 Å². The van der Waals surface area contributed by atoms with Gasteiger partial charge in [-0.25, -0.2) is 0 Å². The van der Waals surface area contributed by atoms with Gasteiger partial charge in [-0.3, -0.25) is 0 Å². The monoisotopic (exact) mass is 1020 g/mol. The summed E-state index contributed by atoms with van der Waals surface area (Å²) in [5.41, 5.74) is 5.45. The highest BCUT2D eigenvalue weighted by Gasteiger charge is 2.41. The van der Waals surface area contributed by atoms with Crippen LogP contribution in [0.5, 0.6) is 34.5 Å². The fourth-order valence-electron chi connectivity index (χ4n) is 8.09. The maximum absolute atomic E-state index is 15.8. The van der Waals surface area contributed by atoms with E-state index in [4.69, 9.17) is 27.1 Å². The summed E-state index contributed by atoms with van der Waals surface area (Å²) in [5, 5.41) is 0. The molecule has 0 heterocycles. The first-order valence-electron chi connectivity index (χ1n) is 25.5. The first-order chi connectivity index (χ1) is 32.4. The summed E-state index contributed by atoms with van der Waals surface area (Å²) in [5.74, 6) is 1.59. The predicted octanol–water partition coefficient (Wildman–Crippen LogP) is 19.4. The van der Waals surface area contributed by atoms with Gasteiger partial charge in [-0.2, -0.15) is 9.13 Å². The number of benzene rings is 5. The van der Waals surface area contributed by atoms with E-state index in [0.717, 1.165) is 44.5 Å². The van der Waals surface area contributed by atoms with Gasteiger partial charge in [-0.1, -0.05) is 221 Å². The minimum absolute atomic E-state index is 0.0736. The average Bonchev–Trinajstić information content (AvgIpc) is 3.18. The molecule has 0 amide bonds. The largest absolute Gasteiger partial charge is 0.647 e. The fraction of sp³-hybridized carbons (Fsp3) is 0.516. The summed E-state index contributed by atoms with van der Waals surface area (Å²) in [6.07, 6.45) is 0. The molecule has 0 saturated heterocycles. The lowest BCUT2D eigenvalue weighted by molar-refractivity contribution is 0.290. The van der Waals surface area contributed by atoms with Crippen LogP contribution in [0, 0.1) is 0 Å². The van der Waals surface area contributed by atoms with Crippen molar-refractivity contribution in [3.63, 3.8) is 0 Å². The van der Waals surface area contributed by atoms with E-state index in [2.05, 4.69) is 190 Å². The molecule has 0 aliphatic carbocycles. The van der Waals surface area contributed by atoms with Crippen molar-refractivity contribution in [2.24, 2.45) is 0 Å². The van der Waals surface area contributed by atoms with Gasteiger partial charge in [0.25, 0.3) is 0 Å². The van der Waals surface area contributed by atoms with E-state index in [1.807, 2.05) is 48.5 Å². The first kappa shape index (κ1) is 58.3. The number of phosphoric acid groups is 2. The Hall–Kier alpha value is -4.64. The van der Waals surface area contributed by atoms with Gasteiger partial charge in [0.2, 0.25) is 0 Å². The summed E-state index contributed by atoms with van der Waals surface area (Å²) < 4.78 is 71.0. The van der Waals surface area contributed by atoms with Crippen molar-refractivity contribution >= 4 is 15.6 Å². The van der Waals surface area contributed by atoms with Crippen LogP contribution in [-0.4, -0.2) is 0 Å². The Morgan fingerprint density at radius 3 is 0.653 bits per heavy atom. The Kier molecular flexibility index (Phi) is 16.1. The molecule has 5 rings (SSSR count). The van der Waals surface area contributed by atoms with Crippen LogP contribution >= 0.6 is 15.6 Å². The van der Waals surface area contributed by atoms with Crippen LogP contribution in [0.4, 0.5) is 0 Å². The lowest BCUT2D eigenvalue weighted by atomic mass is 9.80. The maximum Gasteiger partial charge on any atom is 0.647 e. The Morgan fingerprint density at radius 1 is 0.264 bits per heavy atom. The van der Waals surface area contributed by atoms with Crippen LogP contribution in [0.2, 0.25) is 0 Å². The molecule has 5 aromatic carbocycles. The van der Waals surface area contributed by atoms with Crippen molar-refractivity contribution in [2.45, 2.75) is 209 Å². The third-order valence-corrected chi connectivity index (χ3v) is 15.2. The Balaban J connectivity index is 1.70. The van der Waals surface area contributed by atoms with Crippen molar-refractivity contribution in [1.82, 2.24) is 0 Å². The molecule has 0 aliphatic rings. The molecule has 0 atom stereocenters. The van der Waals surface area contributed by atoms with Crippen LogP contribution in [0.25, 0.3) is 0 Å². The third kappa shape index (κ3) is 14.8. The maximum atomic E-state index is 15.8. The van der Waals surface area contributed by atoms with Crippen molar-refractivity contribution in [2.75, 3.05) is 0 Å². The lowest BCUT2D eigenvalue weighted by Gasteiger charge is -2.30. The quantitative estimate of drug-likeness (QED) is 0.114. The van der Waals surface area contributed by atoms with Crippen LogP contribution < -0.4 is 27.1 Å². The molecule has 5 aromatic rings. The minimum Gasteiger partial charge on any atom is -0.386 e. The standard InChI is InChI=1S/C62H88O8P2/c1-55(2,3)41-28-32-51(47(36-41)59(13,14)15)67-71(63,68-52-33-29-42(56(4,5)6)37-48(52)60(16,17)18)65-45-26-25-27-46(40-45)66-72(64,69-53-34-30-43(57(7,8)9)38-49(53)61(19,20)21)70-54-35-31-44(58(10,11)12)39-50(54)62(22,23)24/h25-40H,1-24H3. The minimum atomic E-state index is -4.64. The summed E-state index contributed by atoms with van der Waals surface area (Å²) in [7, 11) is -9.29. The molecule has 0 unspecified atom stereocenters. The zero-order valence-electron chi connectivity index (χ0n) is 48.4. The Labute approximate surface area is 435 Å². The second-order valence-corrected chi connectivity index (χ2v) is 30.6. The molecule has 0 aliphatic heterocycles. The molecule has 0 fully saturated rings. The van der Waals surface area contributed by atoms with Crippen LogP contribution in [0.3, 0.4) is 0 Å². The highest BCUT2D eigenvalue weighted by molar-refractivity contribution is 7.50. The van der Waals surface area contributed by atoms with Crippen molar-refractivity contribution in [3.05, 3.63) is 142 Å². The van der Waals surface area contributed by atoms with E-state index in [-0.39, 0.29) is 33.2 Å². The third-order valence-electron chi connectivity index (χ3n) is 12.7. The summed E-state index contributed by atoms with van der Waals surface area (Å²) >= 11 is 0. The molecule has 394 valence electrons. The zero-order chi connectivity index (χ0) is 54.6. The lowest BCUT2D eigenvalue weighted by Crippen LogP contribution is -2.20.